The van der Waals surface area contributed by atoms with E-state index in [0.29, 0.717) is 23.5 Å². The molecule has 12 heavy (non-hydrogen) atoms. The summed E-state index contributed by atoms with van der Waals surface area (Å²) in [4.78, 5) is 11.5. The quantitative estimate of drug-likeness (QED) is 0.544. The van der Waals surface area contributed by atoms with Gasteiger partial charge in [-0.05, 0) is 25.7 Å². The summed E-state index contributed by atoms with van der Waals surface area (Å²) in [7, 11) is 0. The Balaban J connectivity index is 2.05. The van der Waals surface area contributed by atoms with Gasteiger partial charge in [-0.1, -0.05) is 25.0 Å². The Morgan fingerprint density at radius 3 is 2.83 bits per heavy atom. The summed E-state index contributed by atoms with van der Waals surface area (Å²) in [6, 6.07) is 0. The number of Topliss-reactive ketones (excluding diaryl/α,β-unsaturated/α-hetero) is 1. The molecule has 0 bridgehead atoms. The second-order valence-corrected chi connectivity index (χ2v) is 4.01. The van der Waals surface area contributed by atoms with Gasteiger partial charge in [-0.2, -0.15) is 0 Å². The Morgan fingerprint density at radius 1 is 1.33 bits per heavy atom. The van der Waals surface area contributed by atoms with E-state index in [4.69, 9.17) is 0 Å². The van der Waals surface area contributed by atoms with Crippen molar-refractivity contribution in [1.82, 2.24) is 0 Å². The average Bonchev–Trinajstić information content (AvgIpc) is 2.13. The molecule has 0 aromatic carbocycles. The molecule has 3 atom stereocenters. The number of rotatable bonds is 1. The molecule has 2 saturated carbocycles. The van der Waals surface area contributed by atoms with E-state index >= 15 is 0 Å². The second-order valence-electron chi connectivity index (χ2n) is 4.01. The Morgan fingerprint density at radius 2 is 2.08 bits per heavy atom. The third kappa shape index (κ3) is 1.03. The Hall–Kier alpha value is -0.590. The van der Waals surface area contributed by atoms with Crippen molar-refractivity contribution < 1.29 is 4.79 Å². The molecule has 0 aromatic heterocycles. The maximum Gasteiger partial charge on any atom is 0.143 e. The Labute approximate surface area is 73.8 Å². The van der Waals surface area contributed by atoms with Gasteiger partial charge in [-0.25, -0.2) is 0 Å². The molecule has 2 aliphatic carbocycles. The molecule has 0 amide bonds. The van der Waals surface area contributed by atoms with Gasteiger partial charge in [-0.3, -0.25) is 4.79 Å². The summed E-state index contributed by atoms with van der Waals surface area (Å²) in [5.74, 6) is 1.96. The zero-order valence-electron chi connectivity index (χ0n) is 7.62. The van der Waals surface area contributed by atoms with E-state index in [1.807, 2.05) is 13.0 Å². The van der Waals surface area contributed by atoms with Crippen LogP contribution in [0, 0.1) is 17.8 Å². The summed E-state index contributed by atoms with van der Waals surface area (Å²) in [6.07, 6.45) is 9.17. The van der Waals surface area contributed by atoms with E-state index < -0.39 is 0 Å². The fourth-order valence-electron chi connectivity index (χ4n) is 2.73. The Bertz CT molecular complexity index is 217. The number of carbonyl (C=O) groups is 1. The van der Waals surface area contributed by atoms with Gasteiger partial charge in [0.2, 0.25) is 0 Å². The second kappa shape index (κ2) is 3.04. The van der Waals surface area contributed by atoms with Crippen LogP contribution in [0.3, 0.4) is 0 Å². The maximum absolute atomic E-state index is 11.5. The van der Waals surface area contributed by atoms with E-state index in [9.17, 15) is 4.79 Å². The van der Waals surface area contributed by atoms with Gasteiger partial charge < -0.3 is 0 Å². The number of ketones is 1. The van der Waals surface area contributed by atoms with E-state index in [-0.39, 0.29) is 0 Å². The fourth-order valence-corrected chi connectivity index (χ4v) is 2.73. The monoisotopic (exact) mass is 164 g/mol. The minimum absolute atomic E-state index is 0.292. The van der Waals surface area contributed by atoms with E-state index in [1.165, 1.54) is 19.3 Å². The van der Waals surface area contributed by atoms with Gasteiger partial charge in [0, 0.05) is 11.8 Å². The van der Waals surface area contributed by atoms with Crippen molar-refractivity contribution in [2.24, 2.45) is 17.8 Å². The van der Waals surface area contributed by atoms with Crippen molar-refractivity contribution in [3.05, 3.63) is 12.2 Å². The third-order valence-corrected chi connectivity index (χ3v) is 3.37. The molecule has 0 saturated heterocycles. The molecular formula is C11H16O. The van der Waals surface area contributed by atoms with Crippen LogP contribution in [-0.2, 0) is 4.79 Å². The number of carbonyl (C=O) groups excluding carboxylic acids is 1. The summed E-state index contributed by atoms with van der Waals surface area (Å²) in [5.41, 5.74) is 0. The predicted molar refractivity (Wildman–Crippen MR) is 48.8 cm³/mol. The molecule has 0 N–H and O–H groups in total. The molecule has 1 nitrogen and oxygen atoms in total. The molecule has 0 radical (unpaired) electrons. The molecular weight excluding hydrogens is 148 g/mol. The number of allylic oxidation sites excluding steroid dienone is 2. The van der Waals surface area contributed by atoms with Crippen LogP contribution in [-0.4, -0.2) is 5.78 Å². The van der Waals surface area contributed by atoms with Crippen molar-refractivity contribution in [3.63, 3.8) is 0 Å². The van der Waals surface area contributed by atoms with Gasteiger partial charge in [-0.15, -0.1) is 0 Å². The molecule has 0 unspecified atom stereocenters. The molecule has 2 fully saturated rings. The lowest BCUT2D eigenvalue weighted by Crippen LogP contribution is -2.48. The van der Waals surface area contributed by atoms with E-state index in [0.717, 1.165) is 6.42 Å². The van der Waals surface area contributed by atoms with Gasteiger partial charge in [0.15, 0.2) is 0 Å². The van der Waals surface area contributed by atoms with Crippen LogP contribution in [0.5, 0.6) is 0 Å². The van der Waals surface area contributed by atoms with Crippen LogP contribution < -0.4 is 0 Å². The first kappa shape index (κ1) is 8.03. The predicted octanol–water partition coefficient (Wildman–Crippen LogP) is 2.57. The van der Waals surface area contributed by atoms with E-state index in [2.05, 4.69) is 6.08 Å². The zero-order chi connectivity index (χ0) is 8.55. The smallest absolute Gasteiger partial charge is 0.143 e. The highest BCUT2D eigenvalue weighted by atomic mass is 16.1. The summed E-state index contributed by atoms with van der Waals surface area (Å²) in [6.45, 7) is 2.00. The highest BCUT2D eigenvalue weighted by Gasteiger charge is 2.48. The van der Waals surface area contributed by atoms with Crippen LogP contribution in [0.15, 0.2) is 12.2 Å². The molecule has 0 heterocycles. The highest BCUT2D eigenvalue weighted by molar-refractivity contribution is 5.91. The van der Waals surface area contributed by atoms with Gasteiger partial charge in [0.25, 0.3) is 0 Å². The number of hydrogen-bond acceptors (Lipinski definition) is 1. The summed E-state index contributed by atoms with van der Waals surface area (Å²) in [5, 5.41) is 0. The van der Waals surface area contributed by atoms with Gasteiger partial charge in [0.1, 0.15) is 5.78 Å². The van der Waals surface area contributed by atoms with Crippen molar-refractivity contribution in [2.45, 2.75) is 32.6 Å². The van der Waals surface area contributed by atoms with Crippen LogP contribution in [0.4, 0.5) is 0 Å². The first-order valence-corrected chi connectivity index (χ1v) is 5.01. The summed E-state index contributed by atoms with van der Waals surface area (Å²) >= 11 is 0. The minimum atomic E-state index is 0.292. The lowest BCUT2D eigenvalue weighted by molar-refractivity contribution is -0.142. The molecule has 2 aliphatic rings. The first-order valence-electron chi connectivity index (χ1n) is 5.01. The molecule has 0 aliphatic heterocycles. The molecule has 0 spiro atoms. The molecule has 2 rings (SSSR count). The molecule has 1 heteroatoms. The zero-order valence-corrected chi connectivity index (χ0v) is 7.62. The topological polar surface area (TPSA) is 17.1 Å². The third-order valence-electron chi connectivity index (χ3n) is 3.37. The van der Waals surface area contributed by atoms with Crippen LogP contribution in [0.1, 0.15) is 32.6 Å². The van der Waals surface area contributed by atoms with Crippen LogP contribution in [0.25, 0.3) is 0 Å². The normalized spacial score (nSPS) is 41.1. The van der Waals surface area contributed by atoms with Crippen molar-refractivity contribution in [3.8, 4) is 0 Å². The highest BCUT2D eigenvalue weighted by Crippen LogP contribution is 2.46. The van der Waals surface area contributed by atoms with Gasteiger partial charge in [0.05, 0.1) is 0 Å². The minimum Gasteiger partial charge on any atom is -0.299 e. The maximum atomic E-state index is 11.5. The average molecular weight is 164 g/mol. The SMILES string of the molecule is C/C=C/[C@@H]1C(=O)[C@H]2CCCC[C@@H]12. The van der Waals surface area contributed by atoms with Crippen molar-refractivity contribution in [2.75, 3.05) is 0 Å². The number of hydrogen-bond donors (Lipinski definition) is 0. The lowest BCUT2D eigenvalue weighted by atomic mass is 9.57. The van der Waals surface area contributed by atoms with Gasteiger partial charge >= 0.3 is 0 Å². The fraction of sp³-hybridized carbons (Fsp3) is 0.727. The standard InChI is InChI=1S/C11H16O/c1-2-5-9-8-6-3-4-7-10(8)11(9)12/h2,5,8-10H,3-4,6-7H2,1H3/b5-2+/t8-,9-,10-/m0/s1. The molecule has 66 valence electrons. The number of fused-ring (bicyclic) bond motifs is 1. The van der Waals surface area contributed by atoms with Crippen LogP contribution >= 0.6 is 0 Å². The van der Waals surface area contributed by atoms with Crippen LogP contribution in [0.2, 0.25) is 0 Å². The lowest BCUT2D eigenvalue weighted by Gasteiger charge is -2.44. The Kier molecular flexibility index (Phi) is 2.03. The van der Waals surface area contributed by atoms with E-state index in [1.54, 1.807) is 0 Å². The first-order chi connectivity index (χ1) is 5.84. The van der Waals surface area contributed by atoms with Crippen molar-refractivity contribution in [1.29, 1.82) is 0 Å². The van der Waals surface area contributed by atoms with Crippen molar-refractivity contribution >= 4 is 5.78 Å². The largest absolute Gasteiger partial charge is 0.299 e. The summed E-state index contributed by atoms with van der Waals surface area (Å²) < 4.78 is 0. The molecule has 0 aromatic rings.